The molecule has 1 aliphatic carbocycles. The van der Waals surface area contributed by atoms with Gasteiger partial charge in [-0.1, -0.05) is 6.07 Å². The summed E-state index contributed by atoms with van der Waals surface area (Å²) in [6.45, 7) is 5.97. The molecular weight excluding hydrogens is 278 g/mol. The Morgan fingerprint density at radius 2 is 1.82 bits per heavy atom. The molecule has 5 nitrogen and oxygen atoms in total. The number of carbonyl (C=O) groups excluding carboxylic acids is 2. The first-order chi connectivity index (χ1) is 10.3. The van der Waals surface area contributed by atoms with E-state index in [1.807, 2.05) is 32.9 Å². The molecule has 1 unspecified atom stereocenters. The molecule has 22 heavy (non-hydrogen) atoms. The first-order valence-corrected chi connectivity index (χ1v) is 7.74. The zero-order valence-corrected chi connectivity index (χ0v) is 13.8. The van der Waals surface area contributed by atoms with Crippen molar-refractivity contribution in [2.45, 2.75) is 45.7 Å². The van der Waals surface area contributed by atoms with E-state index in [9.17, 15) is 9.59 Å². The first-order valence-electron chi connectivity index (χ1n) is 7.74. The lowest BCUT2D eigenvalue weighted by Crippen LogP contribution is -2.44. The van der Waals surface area contributed by atoms with Crippen LogP contribution >= 0.6 is 0 Å². The van der Waals surface area contributed by atoms with Crippen molar-refractivity contribution in [3.05, 3.63) is 29.3 Å². The highest BCUT2D eigenvalue weighted by atomic mass is 16.2. The smallest absolute Gasteiger partial charge is 0.244 e. The Morgan fingerprint density at radius 1 is 1.23 bits per heavy atom. The molecule has 1 saturated carbocycles. The van der Waals surface area contributed by atoms with Gasteiger partial charge in [-0.3, -0.25) is 9.59 Å². The van der Waals surface area contributed by atoms with E-state index in [1.54, 1.807) is 7.05 Å². The molecule has 0 heterocycles. The van der Waals surface area contributed by atoms with E-state index >= 15 is 0 Å². The number of likely N-dealkylation sites (N-methyl/N-ethyl adjacent to an activating group) is 1. The topological polar surface area (TPSA) is 61.4 Å². The molecule has 1 atom stereocenters. The van der Waals surface area contributed by atoms with Gasteiger partial charge in [0.2, 0.25) is 11.8 Å². The second kappa shape index (κ2) is 6.81. The van der Waals surface area contributed by atoms with E-state index in [4.69, 9.17) is 0 Å². The van der Waals surface area contributed by atoms with Crippen molar-refractivity contribution in [1.82, 2.24) is 10.2 Å². The number of hydrogen-bond acceptors (Lipinski definition) is 3. The minimum absolute atomic E-state index is 0.0862. The third-order valence-corrected chi connectivity index (χ3v) is 3.67. The average molecular weight is 303 g/mol. The van der Waals surface area contributed by atoms with E-state index in [1.165, 1.54) is 4.90 Å². The summed E-state index contributed by atoms with van der Waals surface area (Å²) in [7, 11) is 1.66. The maximum Gasteiger partial charge on any atom is 0.244 e. The van der Waals surface area contributed by atoms with Gasteiger partial charge >= 0.3 is 0 Å². The number of aryl methyl sites for hydroxylation is 2. The van der Waals surface area contributed by atoms with Crippen molar-refractivity contribution < 1.29 is 9.59 Å². The molecule has 0 saturated heterocycles. The van der Waals surface area contributed by atoms with Crippen LogP contribution in [0.1, 0.15) is 30.9 Å². The maximum absolute atomic E-state index is 12.3. The molecular formula is C17H25N3O2. The van der Waals surface area contributed by atoms with Gasteiger partial charge in [-0.05, 0) is 56.9 Å². The molecule has 120 valence electrons. The van der Waals surface area contributed by atoms with Crippen molar-refractivity contribution in [3.8, 4) is 0 Å². The molecule has 5 heteroatoms. The first kappa shape index (κ1) is 16.3. The Balaban J connectivity index is 1.88. The van der Waals surface area contributed by atoms with E-state index in [-0.39, 0.29) is 24.4 Å². The zero-order chi connectivity index (χ0) is 16.3. The molecule has 2 N–H and O–H groups in total. The minimum Gasteiger partial charge on any atom is -0.374 e. The van der Waals surface area contributed by atoms with E-state index in [2.05, 4.69) is 16.7 Å². The van der Waals surface area contributed by atoms with Gasteiger partial charge in [0.15, 0.2) is 0 Å². The summed E-state index contributed by atoms with van der Waals surface area (Å²) in [6.07, 6.45) is 2.10. The van der Waals surface area contributed by atoms with Crippen LogP contribution in [0, 0.1) is 13.8 Å². The third kappa shape index (κ3) is 4.76. The van der Waals surface area contributed by atoms with Gasteiger partial charge in [-0.15, -0.1) is 0 Å². The molecule has 1 aliphatic rings. The predicted molar refractivity (Wildman–Crippen MR) is 87.8 cm³/mol. The molecule has 2 amide bonds. The van der Waals surface area contributed by atoms with Crippen molar-refractivity contribution in [2.24, 2.45) is 0 Å². The quantitative estimate of drug-likeness (QED) is 0.843. The Labute approximate surface area is 132 Å². The van der Waals surface area contributed by atoms with Crippen LogP contribution in [0.25, 0.3) is 0 Å². The Hall–Kier alpha value is -2.04. The lowest BCUT2D eigenvalue weighted by molar-refractivity contribution is -0.135. The van der Waals surface area contributed by atoms with Crippen LogP contribution in [-0.4, -0.2) is 42.4 Å². The lowest BCUT2D eigenvalue weighted by Gasteiger charge is -2.22. The molecule has 0 radical (unpaired) electrons. The predicted octanol–water partition coefficient (Wildman–Crippen LogP) is 1.84. The number of amides is 2. The summed E-state index contributed by atoms with van der Waals surface area (Å²) in [5, 5.41) is 6.10. The highest BCUT2D eigenvalue weighted by molar-refractivity contribution is 5.88. The zero-order valence-electron chi connectivity index (χ0n) is 13.8. The van der Waals surface area contributed by atoms with Crippen molar-refractivity contribution in [2.75, 3.05) is 18.9 Å². The standard InChI is InChI=1S/C17H25N3O2/c1-11-7-12(2)9-15(8-11)18-13(3)17(22)20(4)10-16(21)19-14-5-6-14/h7-9,13-14,18H,5-6,10H2,1-4H3,(H,19,21). The Bertz CT molecular complexity index is 547. The Morgan fingerprint density at radius 3 is 2.36 bits per heavy atom. The summed E-state index contributed by atoms with van der Waals surface area (Å²) >= 11 is 0. The maximum atomic E-state index is 12.3. The summed E-state index contributed by atoms with van der Waals surface area (Å²) in [5.74, 6) is -0.179. The number of carbonyl (C=O) groups is 2. The molecule has 0 bridgehead atoms. The van der Waals surface area contributed by atoms with Crippen LogP contribution in [0.3, 0.4) is 0 Å². The fourth-order valence-corrected chi connectivity index (χ4v) is 2.49. The number of rotatable bonds is 6. The highest BCUT2D eigenvalue weighted by Gasteiger charge is 2.25. The van der Waals surface area contributed by atoms with Crippen LogP contribution < -0.4 is 10.6 Å². The second-order valence-corrected chi connectivity index (χ2v) is 6.28. The fraction of sp³-hybridized carbons (Fsp3) is 0.529. The van der Waals surface area contributed by atoms with E-state index < -0.39 is 0 Å². The third-order valence-electron chi connectivity index (χ3n) is 3.67. The molecule has 1 aromatic carbocycles. The number of nitrogens with zero attached hydrogens (tertiary/aromatic N) is 1. The number of hydrogen-bond donors (Lipinski definition) is 2. The van der Waals surface area contributed by atoms with Gasteiger partial charge in [0.05, 0.1) is 6.54 Å². The van der Waals surface area contributed by atoms with Crippen molar-refractivity contribution in [3.63, 3.8) is 0 Å². The molecule has 0 aromatic heterocycles. The number of benzene rings is 1. The van der Waals surface area contributed by atoms with Gasteiger partial charge in [0.1, 0.15) is 6.04 Å². The number of anilines is 1. The van der Waals surface area contributed by atoms with E-state index in [0.29, 0.717) is 6.04 Å². The summed E-state index contributed by atoms with van der Waals surface area (Å²) in [5.41, 5.74) is 3.23. The molecule has 0 spiro atoms. The monoisotopic (exact) mass is 303 g/mol. The van der Waals surface area contributed by atoms with Crippen LogP contribution in [-0.2, 0) is 9.59 Å². The SMILES string of the molecule is Cc1cc(C)cc(NC(C)C(=O)N(C)CC(=O)NC2CC2)c1. The molecule has 2 rings (SSSR count). The summed E-state index contributed by atoms with van der Waals surface area (Å²) < 4.78 is 0. The van der Waals surface area contributed by atoms with Crippen LogP contribution in [0.2, 0.25) is 0 Å². The van der Waals surface area contributed by atoms with Gasteiger partial charge in [-0.25, -0.2) is 0 Å². The van der Waals surface area contributed by atoms with E-state index in [0.717, 1.165) is 29.7 Å². The normalized spacial score (nSPS) is 15.1. The highest BCUT2D eigenvalue weighted by Crippen LogP contribution is 2.18. The van der Waals surface area contributed by atoms with Crippen LogP contribution in [0.4, 0.5) is 5.69 Å². The minimum atomic E-state index is -0.375. The number of nitrogens with one attached hydrogen (secondary N) is 2. The largest absolute Gasteiger partial charge is 0.374 e. The van der Waals surface area contributed by atoms with Gasteiger partial charge in [-0.2, -0.15) is 0 Å². The Kier molecular flexibility index (Phi) is 5.06. The molecule has 1 aromatic rings. The fourth-order valence-electron chi connectivity index (χ4n) is 2.49. The molecule has 1 fully saturated rings. The lowest BCUT2D eigenvalue weighted by atomic mass is 10.1. The van der Waals surface area contributed by atoms with Crippen molar-refractivity contribution >= 4 is 17.5 Å². The van der Waals surface area contributed by atoms with Gasteiger partial charge in [0, 0.05) is 18.8 Å². The summed E-state index contributed by atoms with van der Waals surface area (Å²) in [6, 6.07) is 6.06. The molecule has 0 aliphatic heterocycles. The summed E-state index contributed by atoms with van der Waals surface area (Å²) in [4.78, 5) is 25.6. The second-order valence-electron chi connectivity index (χ2n) is 6.28. The van der Waals surface area contributed by atoms with Gasteiger partial charge in [0.25, 0.3) is 0 Å². The van der Waals surface area contributed by atoms with Crippen LogP contribution in [0.5, 0.6) is 0 Å². The van der Waals surface area contributed by atoms with Crippen molar-refractivity contribution in [1.29, 1.82) is 0 Å². The van der Waals surface area contributed by atoms with Gasteiger partial charge < -0.3 is 15.5 Å². The van der Waals surface area contributed by atoms with Crippen LogP contribution in [0.15, 0.2) is 18.2 Å². The average Bonchev–Trinajstić information content (AvgIpc) is 3.20.